The zero-order valence-corrected chi connectivity index (χ0v) is 23.6. The molecule has 0 amide bonds. The standard InChI is InChI=1S/C24H26N2O6S2.Na/c1-25-21-9-5-18(6-10-21)24(19-7-11-22(12-8-19)26(2)3)23-13-4-17(15-33(27,28)29)14-20(23)16-34(30,31)32;/h4-14H,15-16H2,1-3H3,(H,27,28,29)(H,30,31,32);/q;+1/p-2. The third kappa shape index (κ3) is 8.25. The number of hydrogen-bond donors (Lipinski definition) is 0. The third-order valence-electron chi connectivity index (χ3n) is 5.20. The molecule has 0 fully saturated rings. The van der Waals surface area contributed by atoms with Gasteiger partial charge in [0.2, 0.25) is 0 Å². The van der Waals surface area contributed by atoms with Crippen molar-refractivity contribution in [3.63, 3.8) is 0 Å². The number of hydrogen-bond acceptors (Lipinski definition) is 8. The van der Waals surface area contributed by atoms with Crippen LogP contribution in [0.1, 0.15) is 22.3 Å². The molecule has 0 atom stereocenters. The molecule has 0 unspecified atom stereocenters. The smallest absolute Gasteiger partial charge is 0.748 e. The SMILES string of the molecule is CN=C1C=CC(=C(c2ccc(N(C)C)cc2)c2ccc(CS(=O)(=O)[O-])cc2CS(=O)(=O)[O-])C=C1.[Na+]. The molecule has 0 spiro atoms. The maximum Gasteiger partial charge on any atom is 1.00 e. The van der Waals surface area contributed by atoms with Crippen LogP contribution in [0.2, 0.25) is 0 Å². The van der Waals surface area contributed by atoms with E-state index in [4.69, 9.17) is 0 Å². The van der Waals surface area contributed by atoms with Crippen LogP contribution in [0.5, 0.6) is 0 Å². The van der Waals surface area contributed by atoms with Gasteiger partial charge in [0, 0.05) is 26.8 Å². The van der Waals surface area contributed by atoms with Gasteiger partial charge in [-0.05, 0) is 57.7 Å². The summed E-state index contributed by atoms with van der Waals surface area (Å²) in [5.74, 6) is -1.66. The van der Waals surface area contributed by atoms with Crippen LogP contribution in [-0.2, 0) is 31.7 Å². The van der Waals surface area contributed by atoms with Crippen molar-refractivity contribution in [1.82, 2.24) is 0 Å². The number of nitrogens with zero attached hydrogens (tertiary/aromatic N) is 2. The van der Waals surface area contributed by atoms with Crippen molar-refractivity contribution < 1.29 is 55.5 Å². The Bertz CT molecular complexity index is 1400. The summed E-state index contributed by atoms with van der Waals surface area (Å²) in [4.78, 5) is 6.08. The van der Waals surface area contributed by atoms with Crippen LogP contribution in [-0.4, -0.2) is 52.8 Å². The van der Waals surface area contributed by atoms with E-state index in [2.05, 4.69) is 4.99 Å². The van der Waals surface area contributed by atoms with Gasteiger partial charge in [0.25, 0.3) is 0 Å². The van der Waals surface area contributed by atoms with Crippen molar-refractivity contribution in [3.8, 4) is 0 Å². The van der Waals surface area contributed by atoms with Crippen molar-refractivity contribution in [2.24, 2.45) is 4.99 Å². The maximum absolute atomic E-state index is 11.7. The predicted octanol–water partition coefficient (Wildman–Crippen LogP) is -0.154. The normalized spacial score (nSPS) is 13.4. The molecule has 3 rings (SSSR count). The average Bonchev–Trinajstić information content (AvgIpc) is 2.74. The van der Waals surface area contributed by atoms with Crippen LogP contribution in [0.15, 0.2) is 77.3 Å². The molecule has 1 aliphatic carbocycles. The molecule has 0 saturated carbocycles. The van der Waals surface area contributed by atoms with Gasteiger partial charge < -0.3 is 14.0 Å². The molecule has 180 valence electrons. The van der Waals surface area contributed by atoms with E-state index in [0.717, 1.165) is 22.5 Å². The van der Waals surface area contributed by atoms with Crippen LogP contribution in [0, 0.1) is 0 Å². The van der Waals surface area contributed by atoms with E-state index in [9.17, 15) is 25.9 Å². The van der Waals surface area contributed by atoms with Crippen LogP contribution < -0.4 is 34.5 Å². The average molecular weight is 524 g/mol. The zero-order valence-electron chi connectivity index (χ0n) is 19.9. The number of benzene rings is 2. The zero-order chi connectivity index (χ0) is 25.1. The second kappa shape index (κ2) is 11.8. The Morgan fingerprint density at radius 2 is 1.43 bits per heavy atom. The summed E-state index contributed by atoms with van der Waals surface area (Å²) in [5, 5.41) is 0. The number of allylic oxidation sites excluding steroid dienone is 5. The molecule has 1 aliphatic rings. The molecule has 11 heteroatoms. The molecular formula is C24H24N2NaO6S2-. The van der Waals surface area contributed by atoms with Gasteiger partial charge in [0.05, 0.1) is 37.5 Å². The first kappa shape index (κ1) is 29.2. The largest absolute Gasteiger partial charge is 1.00 e. The van der Waals surface area contributed by atoms with Crippen LogP contribution in [0.25, 0.3) is 5.57 Å². The van der Waals surface area contributed by atoms with Crippen LogP contribution >= 0.6 is 0 Å². The molecule has 0 aliphatic heterocycles. The number of aliphatic imine (C=N–C) groups is 1. The Morgan fingerprint density at radius 1 is 0.857 bits per heavy atom. The van der Waals surface area contributed by atoms with E-state index in [-0.39, 0.29) is 40.7 Å². The summed E-state index contributed by atoms with van der Waals surface area (Å²) >= 11 is 0. The fourth-order valence-electron chi connectivity index (χ4n) is 3.68. The first-order valence-electron chi connectivity index (χ1n) is 10.2. The van der Waals surface area contributed by atoms with Gasteiger partial charge in [-0.25, -0.2) is 16.8 Å². The van der Waals surface area contributed by atoms with E-state index in [1.54, 1.807) is 13.1 Å². The fraction of sp³-hybridized carbons (Fsp3) is 0.208. The number of rotatable bonds is 7. The van der Waals surface area contributed by atoms with E-state index < -0.39 is 31.7 Å². The molecule has 0 N–H and O–H groups in total. The molecular weight excluding hydrogens is 499 g/mol. The molecule has 0 radical (unpaired) electrons. The summed E-state index contributed by atoms with van der Waals surface area (Å²) in [5.41, 5.74) is 4.56. The summed E-state index contributed by atoms with van der Waals surface area (Å²) < 4.78 is 68.8. The van der Waals surface area contributed by atoms with E-state index in [1.165, 1.54) is 12.1 Å². The molecule has 0 aromatic heterocycles. The van der Waals surface area contributed by atoms with Crippen molar-refractivity contribution >= 4 is 37.2 Å². The van der Waals surface area contributed by atoms with E-state index in [0.29, 0.717) is 11.1 Å². The fourth-order valence-corrected chi connectivity index (χ4v) is 4.88. The molecule has 8 nitrogen and oxygen atoms in total. The minimum absolute atomic E-state index is 0. The molecule has 0 heterocycles. The predicted molar refractivity (Wildman–Crippen MR) is 132 cm³/mol. The first-order valence-corrected chi connectivity index (χ1v) is 13.4. The molecule has 35 heavy (non-hydrogen) atoms. The second-order valence-corrected chi connectivity index (χ2v) is 10.8. The topological polar surface area (TPSA) is 130 Å². The van der Waals surface area contributed by atoms with E-state index >= 15 is 0 Å². The van der Waals surface area contributed by atoms with Crippen molar-refractivity contribution in [3.05, 3.63) is 94.6 Å². The van der Waals surface area contributed by atoms with Gasteiger partial charge >= 0.3 is 29.6 Å². The Hall–Kier alpha value is -2.05. The Labute approximate surface area is 228 Å². The Morgan fingerprint density at radius 3 is 1.91 bits per heavy atom. The van der Waals surface area contributed by atoms with Gasteiger partial charge in [-0.3, -0.25) is 4.99 Å². The van der Waals surface area contributed by atoms with Crippen molar-refractivity contribution in [2.45, 2.75) is 11.5 Å². The summed E-state index contributed by atoms with van der Waals surface area (Å²) in [6, 6.07) is 11.9. The third-order valence-corrected chi connectivity index (χ3v) is 6.55. The maximum atomic E-state index is 11.7. The molecule has 2 aromatic rings. The summed E-state index contributed by atoms with van der Waals surface area (Å²) in [7, 11) is -3.81. The van der Waals surface area contributed by atoms with Gasteiger partial charge in [-0.2, -0.15) is 0 Å². The van der Waals surface area contributed by atoms with Crippen LogP contribution in [0.3, 0.4) is 0 Å². The quantitative estimate of drug-likeness (QED) is 0.364. The summed E-state index contributed by atoms with van der Waals surface area (Å²) in [6.45, 7) is 0. The van der Waals surface area contributed by atoms with E-state index in [1.807, 2.05) is 67.6 Å². The van der Waals surface area contributed by atoms with Gasteiger partial charge in [0.1, 0.15) is 0 Å². The summed E-state index contributed by atoms with van der Waals surface area (Å²) in [6.07, 6.45) is 7.30. The van der Waals surface area contributed by atoms with Gasteiger partial charge in [-0.1, -0.05) is 42.5 Å². The van der Waals surface area contributed by atoms with Crippen molar-refractivity contribution in [2.75, 3.05) is 26.0 Å². The minimum Gasteiger partial charge on any atom is -0.748 e. The Kier molecular flexibility index (Phi) is 9.83. The number of anilines is 1. The Balaban J connectivity index is 0.00000432. The monoisotopic (exact) mass is 523 g/mol. The van der Waals surface area contributed by atoms with Crippen molar-refractivity contribution in [1.29, 1.82) is 0 Å². The van der Waals surface area contributed by atoms with Gasteiger partial charge in [0.15, 0.2) is 0 Å². The molecule has 2 aromatic carbocycles. The minimum atomic E-state index is -4.70. The molecule has 0 bridgehead atoms. The second-order valence-electron chi connectivity index (χ2n) is 7.98. The first-order chi connectivity index (χ1) is 15.9. The molecule has 0 saturated heterocycles. The van der Waals surface area contributed by atoms with Crippen LogP contribution in [0.4, 0.5) is 5.69 Å². The van der Waals surface area contributed by atoms with Gasteiger partial charge in [-0.15, -0.1) is 0 Å².